The summed E-state index contributed by atoms with van der Waals surface area (Å²) in [5, 5.41) is 9.63. The number of hydrogen-bond acceptors (Lipinski definition) is 6. The molecule has 5 rings (SSSR count). The average Bonchev–Trinajstić information content (AvgIpc) is 3.01. The van der Waals surface area contributed by atoms with Crippen LogP contribution in [0.2, 0.25) is 0 Å². The lowest BCUT2D eigenvalue weighted by Crippen LogP contribution is -2.43. The number of rotatable bonds is 2. The number of ether oxygens (including phenoxy) is 1. The first-order valence-corrected chi connectivity index (χ1v) is 9.34. The summed E-state index contributed by atoms with van der Waals surface area (Å²) < 4.78 is 5.81. The first kappa shape index (κ1) is 16.7. The van der Waals surface area contributed by atoms with Crippen LogP contribution in [0.15, 0.2) is 60.9 Å². The Bertz CT molecular complexity index is 1040. The van der Waals surface area contributed by atoms with Gasteiger partial charge in [0.15, 0.2) is 0 Å². The van der Waals surface area contributed by atoms with Gasteiger partial charge in [0.1, 0.15) is 17.2 Å². The maximum absolute atomic E-state index is 12.2. The Balaban J connectivity index is 1.33. The van der Waals surface area contributed by atoms with Gasteiger partial charge in [-0.05, 0) is 18.2 Å². The van der Waals surface area contributed by atoms with Crippen molar-refractivity contribution >= 4 is 11.8 Å². The minimum absolute atomic E-state index is 0.205. The smallest absolute Gasteiger partial charge is 0.339 e. The molecule has 3 aromatic rings. The number of anilines is 1. The van der Waals surface area contributed by atoms with Crippen molar-refractivity contribution in [3.05, 3.63) is 72.1 Å². The molecule has 0 unspecified atom stereocenters. The number of phenols is 1. The highest BCUT2D eigenvalue weighted by Crippen LogP contribution is 2.44. The fraction of sp³-hybridized carbons (Fsp3) is 0.227. The third-order valence-corrected chi connectivity index (χ3v) is 5.60. The predicted octanol–water partition coefficient (Wildman–Crippen LogP) is 3.52. The summed E-state index contributed by atoms with van der Waals surface area (Å²) >= 11 is 0. The Morgan fingerprint density at radius 1 is 1.00 bits per heavy atom. The molecule has 1 N–H and O–H groups in total. The third kappa shape index (κ3) is 2.69. The van der Waals surface area contributed by atoms with E-state index in [1.807, 2.05) is 30.3 Å². The number of fused-ring (bicyclic) bond motifs is 2. The van der Waals surface area contributed by atoms with Crippen molar-refractivity contribution in [2.45, 2.75) is 18.4 Å². The molecule has 2 aromatic carbocycles. The monoisotopic (exact) mass is 373 g/mol. The van der Waals surface area contributed by atoms with Gasteiger partial charge in [0.2, 0.25) is 0 Å². The lowest BCUT2D eigenvalue weighted by molar-refractivity contribution is -0.0211. The van der Waals surface area contributed by atoms with E-state index >= 15 is 0 Å². The van der Waals surface area contributed by atoms with Gasteiger partial charge in [-0.1, -0.05) is 30.3 Å². The minimum Gasteiger partial charge on any atom is -0.508 e. The number of benzene rings is 2. The Hall–Kier alpha value is -3.41. The van der Waals surface area contributed by atoms with Crippen molar-refractivity contribution in [3.63, 3.8) is 0 Å². The van der Waals surface area contributed by atoms with Gasteiger partial charge in [0.05, 0.1) is 23.7 Å². The number of hydrogen-bond donors (Lipinski definition) is 1. The Morgan fingerprint density at radius 3 is 2.57 bits per heavy atom. The maximum atomic E-state index is 12.2. The molecule has 0 aliphatic carbocycles. The molecule has 140 valence electrons. The van der Waals surface area contributed by atoms with Crippen molar-refractivity contribution < 1.29 is 14.6 Å². The van der Waals surface area contributed by atoms with Crippen molar-refractivity contribution in [3.8, 4) is 17.0 Å². The van der Waals surface area contributed by atoms with Crippen LogP contribution in [0.5, 0.6) is 5.75 Å². The molecule has 2 aliphatic rings. The lowest BCUT2D eigenvalue weighted by Gasteiger charge is -2.39. The van der Waals surface area contributed by atoms with E-state index in [2.05, 4.69) is 14.9 Å². The highest BCUT2D eigenvalue weighted by atomic mass is 16.6. The summed E-state index contributed by atoms with van der Waals surface area (Å²) in [7, 11) is 0. The number of carbonyl (C=O) groups excluding carboxylic acids is 1. The standard InChI is InChI=1S/C22H19N3O3/c26-16-5-3-4-15(12-16)19-13-24-20(14-23-19)25-10-8-22(9-11-25)18-7-2-1-6-17(18)21(27)28-22/h1-7,12-14,26H,8-11H2. The van der Waals surface area contributed by atoms with Crippen LogP contribution in [0.25, 0.3) is 11.3 Å². The van der Waals surface area contributed by atoms with E-state index in [9.17, 15) is 9.90 Å². The lowest BCUT2D eigenvalue weighted by atomic mass is 9.84. The van der Waals surface area contributed by atoms with Crippen LogP contribution in [0.3, 0.4) is 0 Å². The zero-order valence-electron chi connectivity index (χ0n) is 15.2. The number of aromatic hydroxyl groups is 1. The number of carbonyl (C=O) groups is 1. The van der Waals surface area contributed by atoms with Crippen LogP contribution < -0.4 is 4.90 Å². The number of piperidine rings is 1. The molecule has 2 aliphatic heterocycles. The van der Waals surface area contributed by atoms with E-state index in [1.54, 1.807) is 30.6 Å². The summed E-state index contributed by atoms with van der Waals surface area (Å²) in [6.45, 7) is 1.48. The summed E-state index contributed by atoms with van der Waals surface area (Å²) in [5.41, 5.74) is 2.72. The minimum atomic E-state index is -0.515. The van der Waals surface area contributed by atoms with E-state index in [-0.39, 0.29) is 11.7 Å². The first-order valence-electron chi connectivity index (χ1n) is 9.34. The molecule has 6 heteroatoms. The number of aromatic nitrogens is 2. The second-order valence-electron chi connectivity index (χ2n) is 7.23. The topological polar surface area (TPSA) is 75.5 Å². The summed E-state index contributed by atoms with van der Waals surface area (Å²) in [6, 6.07) is 14.6. The fourth-order valence-electron chi connectivity index (χ4n) is 4.11. The maximum Gasteiger partial charge on any atom is 0.339 e. The van der Waals surface area contributed by atoms with Gasteiger partial charge in [0.25, 0.3) is 0 Å². The number of esters is 1. The fourth-order valence-corrected chi connectivity index (χ4v) is 4.11. The highest BCUT2D eigenvalue weighted by molar-refractivity contribution is 5.94. The molecule has 1 saturated heterocycles. The third-order valence-electron chi connectivity index (χ3n) is 5.60. The SMILES string of the molecule is O=C1OC2(CCN(c3cnc(-c4cccc(O)c4)cn3)CC2)c2ccccc21. The molecule has 0 radical (unpaired) electrons. The van der Waals surface area contributed by atoms with Gasteiger partial charge >= 0.3 is 5.97 Å². The number of phenolic OH excluding ortho intramolecular Hbond substituents is 1. The quantitative estimate of drug-likeness (QED) is 0.693. The van der Waals surface area contributed by atoms with E-state index in [4.69, 9.17) is 4.74 Å². The second kappa shape index (κ2) is 6.34. The van der Waals surface area contributed by atoms with Crippen molar-refractivity contribution in [2.75, 3.05) is 18.0 Å². The van der Waals surface area contributed by atoms with Gasteiger partial charge in [-0.3, -0.25) is 4.98 Å². The van der Waals surface area contributed by atoms with Crippen LogP contribution in [0, 0.1) is 0 Å². The van der Waals surface area contributed by atoms with Crippen LogP contribution in [-0.2, 0) is 10.3 Å². The molecule has 0 bridgehead atoms. The molecule has 1 fully saturated rings. The predicted molar refractivity (Wildman–Crippen MR) is 104 cm³/mol. The first-order chi connectivity index (χ1) is 13.6. The normalized spacial score (nSPS) is 17.4. The van der Waals surface area contributed by atoms with E-state index in [0.29, 0.717) is 11.3 Å². The molecule has 0 saturated carbocycles. The van der Waals surface area contributed by atoms with Gasteiger partial charge in [0, 0.05) is 37.1 Å². The largest absolute Gasteiger partial charge is 0.508 e. The number of nitrogens with zero attached hydrogens (tertiary/aromatic N) is 3. The second-order valence-corrected chi connectivity index (χ2v) is 7.23. The zero-order valence-corrected chi connectivity index (χ0v) is 15.2. The average molecular weight is 373 g/mol. The Morgan fingerprint density at radius 2 is 1.82 bits per heavy atom. The molecular formula is C22H19N3O3. The molecule has 1 aromatic heterocycles. The van der Waals surface area contributed by atoms with Gasteiger partial charge in [-0.2, -0.15) is 0 Å². The van der Waals surface area contributed by atoms with E-state index < -0.39 is 5.60 Å². The molecule has 0 atom stereocenters. The Labute approximate surface area is 162 Å². The van der Waals surface area contributed by atoms with Crippen LogP contribution in [0.1, 0.15) is 28.8 Å². The molecule has 0 amide bonds. The van der Waals surface area contributed by atoms with Crippen molar-refractivity contribution in [1.82, 2.24) is 9.97 Å². The van der Waals surface area contributed by atoms with Gasteiger partial charge in [-0.15, -0.1) is 0 Å². The van der Waals surface area contributed by atoms with Crippen LogP contribution >= 0.6 is 0 Å². The Kier molecular flexibility index (Phi) is 3.79. The van der Waals surface area contributed by atoms with Gasteiger partial charge < -0.3 is 14.7 Å². The van der Waals surface area contributed by atoms with Crippen molar-refractivity contribution in [2.24, 2.45) is 0 Å². The molecule has 1 spiro atoms. The van der Waals surface area contributed by atoms with E-state index in [1.165, 1.54) is 0 Å². The van der Waals surface area contributed by atoms with Crippen molar-refractivity contribution in [1.29, 1.82) is 0 Å². The summed E-state index contributed by atoms with van der Waals surface area (Å²) in [5.74, 6) is 0.784. The molecular weight excluding hydrogens is 354 g/mol. The zero-order chi connectivity index (χ0) is 19.1. The molecule has 28 heavy (non-hydrogen) atoms. The molecule has 6 nitrogen and oxygen atoms in total. The van der Waals surface area contributed by atoms with Gasteiger partial charge in [-0.25, -0.2) is 9.78 Å². The summed E-state index contributed by atoms with van der Waals surface area (Å²) in [4.78, 5) is 23.4. The summed E-state index contributed by atoms with van der Waals surface area (Å²) in [6.07, 6.45) is 4.93. The van der Waals surface area contributed by atoms with Crippen LogP contribution in [0.4, 0.5) is 5.82 Å². The molecule has 3 heterocycles. The highest BCUT2D eigenvalue weighted by Gasteiger charge is 2.47. The van der Waals surface area contributed by atoms with E-state index in [0.717, 1.165) is 42.9 Å². The van der Waals surface area contributed by atoms with Crippen LogP contribution in [-0.4, -0.2) is 34.1 Å².